The summed E-state index contributed by atoms with van der Waals surface area (Å²) in [6, 6.07) is 6.52. The lowest BCUT2D eigenvalue weighted by molar-refractivity contribution is -0.00249. The SMILES string of the molecule is CN(C)C1(CN=C(N)Nc2ccc3c(c2)CCC3)CCOCC1.I. The number of aryl methyl sites for hydroxylation is 2. The number of nitrogens with zero attached hydrogens (tertiary/aromatic N) is 2. The molecule has 1 saturated heterocycles. The van der Waals surface area contributed by atoms with E-state index < -0.39 is 0 Å². The Morgan fingerprint density at radius 3 is 2.67 bits per heavy atom. The van der Waals surface area contributed by atoms with Crippen molar-refractivity contribution in [3.05, 3.63) is 29.3 Å². The zero-order valence-corrected chi connectivity index (χ0v) is 17.0. The molecule has 2 aliphatic rings. The van der Waals surface area contributed by atoms with Gasteiger partial charge in [-0.1, -0.05) is 6.07 Å². The number of rotatable bonds is 4. The fourth-order valence-electron chi connectivity index (χ4n) is 3.57. The molecule has 0 saturated carbocycles. The summed E-state index contributed by atoms with van der Waals surface area (Å²) >= 11 is 0. The van der Waals surface area contributed by atoms with Gasteiger partial charge in [-0.05, 0) is 69.5 Å². The van der Waals surface area contributed by atoms with Crippen molar-refractivity contribution in [2.24, 2.45) is 10.7 Å². The molecular formula is C18H29IN4O. The maximum atomic E-state index is 6.12. The number of anilines is 1. The Bertz CT molecular complexity index is 582. The number of likely N-dealkylation sites (N-methyl/N-ethyl adjacent to an activating group) is 1. The van der Waals surface area contributed by atoms with Crippen molar-refractivity contribution in [1.29, 1.82) is 0 Å². The number of nitrogens with two attached hydrogens (primary N) is 1. The molecule has 5 nitrogen and oxygen atoms in total. The molecule has 0 unspecified atom stereocenters. The predicted octanol–water partition coefficient (Wildman–Crippen LogP) is 2.63. The third kappa shape index (κ3) is 4.40. The Morgan fingerprint density at radius 2 is 1.96 bits per heavy atom. The molecular weight excluding hydrogens is 415 g/mol. The Hall–Kier alpha value is -0.860. The van der Waals surface area contributed by atoms with E-state index in [1.165, 1.54) is 30.4 Å². The first-order valence-electron chi connectivity index (χ1n) is 8.53. The highest BCUT2D eigenvalue weighted by molar-refractivity contribution is 14.0. The zero-order chi connectivity index (χ0) is 16.3. The minimum atomic E-state index is 0. The highest BCUT2D eigenvalue weighted by Crippen LogP contribution is 2.27. The quantitative estimate of drug-likeness (QED) is 0.426. The van der Waals surface area contributed by atoms with Crippen LogP contribution in [0.3, 0.4) is 0 Å². The largest absolute Gasteiger partial charge is 0.381 e. The molecule has 0 aromatic heterocycles. The van der Waals surface area contributed by atoms with E-state index >= 15 is 0 Å². The number of halogens is 1. The van der Waals surface area contributed by atoms with Crippen molar-refractivity contribution in [1.82, 2.24) is 4.90 Å². The molecule has 24 heavy (non-hydrogen) atoms. The molecule has 1 aliphatic carbocycles. The Morgan fingerprint density at radius 1 is 1.25 bits per heavy atom. The molecule has 134 valence electrons. The van der Waals surface area contributed by atoms with Crippen LogP contribution in [0.15, 0.2) is 23.2 Å². The number of nitrogens with one attached hydrogen (secondary N) is 1. The van der Waals surface area contributed by atoms with Crippen LogP contribution in [0.4, 0.5) is 5.69 Å². The van der Waals surface area contributed by atoms with Gasteiger partial charge in [-0.25, -0.2) is 0 Å². The third-order valence-corrected chi connectivity index (χ3v) is 5.29. The smallest absolute Gasteiger partial charge is 0.193 e. The highest BCUT2D eigenvalue weighted by Gasteiger charge is 2.34. The highest BCUT2D eigenvalue weighted by atomic mass is 127. The number of guanidine groups is 1. The van der Waals surface area contributed by atoms with Gasteiger partial charge >= 0.3 is 0 Å². The van der Waals surface area contributed by atoms with Crippen LogP contribution in [0.2, 0.25) is 0 Å². The lowest BCUT2D eigenvalue weighted by Crippen LogP contribution is -2.51. The summed E-state index contributed by atoms with van der Waals surface area (Å²) < 4.78 is 5.50. The molecule has 0 bridgehead atoms. The summed E-state index contributed by atoms with van der Waals surface area (Å²) in [5.74, 6) is 0.496. The molecule has 0 amide bonds. The molecule has 3 rings (SSSR count). The number of ether oxygens (including phenoxy) is 1. The van der Waals surface area contributed by atoms with Crippen LogP contribution >= 0.6 is 24.0 Å². The van der Waals surface area contributed by atoms with Crippen molar-refractivity contribution in [3.8, 4) is 0 Å². The molecule has 6 heteroatoms. The average molecular weight is 444 g/mol. The van der Waals surface area contributed by atoms with E-state index in [9.17, 15) is 0 Å². The summed E-state index contributed by atoms with van der Waals surface area (Å²) in [6.07, 6.45) is 5.62. The Kier molecular flexibility index (Phi) is 6.88. The number of aliphatic imine (C=N–C) groups is 1. The van der Waals surface area contributed by atoms with Crippen molar-refractivity contribution in [2.75, 3.05) is 39.2 Å². The fourth-order valence-corrected chi connectivity index (χ4v) is 3.57. The molecule has 1 heterocycles. The first kappa shape index (κ1) is 19.5. The van der Waals surface area contributed by atoms with Crippen LogP contribution < -0.4 is 11.1 Å². The van der Waals surface area contributed by atoms with E-state index in [1.54, 1.807) is 0 Å². The summed E-state index contributed by atoms with van der Waals surface area (Å²) in [7, 11) is 4.23. The van der Waals surface area contributed by atoms with Crippen LogP contribution in [-0.2, 0) is 17.6 Å². The van der Waals surface area contributed by atoms with Crippen molar-refractivity contribution in [3.63, 3.8) is 0 Å². The number of fused-ring (bicyclic) bond motifs is 1. The summed E-state index contributed by atoms with van der Waals surface area (Å²) in [4.78, 5) is 6.88. The molecule has 0 spiro atoms. The van der Waals surface area contributed by atoms with Crippen molar-refractivity contribution >= 4 is 35.6 Å². The zero-order valence-electron chi connectivity index (χ0n) is 14.7. The van der Waals surface area contributed by atoms with Crippen molar-refractivity contribution < 1.29 is 4.74 Å². The van der Waals surface area contributed by atoms with Gasteiger partial charge in [-0.15, -0.1) is 24.0 Å². The molecule has 1 aromatic rings. The first-order valence-corrected chi connectivity index (χ1v) is 8.53. The third-order valence-electron chi connectivity index (χ3n) is 5.29. The van der Waals surface area contributed by atoms with Crippen LogP contribution in [0.1, 0.15) is 30.4 Å². The molecule has 0 radical (unpaired) electrons. The summed E-state index contributed by atoms with van der Waals surface area (Å²) in [5.41, 5.74) is 10.1. The molecule has 1 aromatic carbocycles. The monoisotopic (exact) mass is 444 g/mol. The van der Waals surface area contributed by atoms with Gasteiger partial charge in [-0.2, -0.15) is 0 Å². The van der Waals surface area contributed by atoms with Gasteiger partial charge in [-0.3, -0.25) is 4.99 Å². The molecule has 0 atom stereocenters. The van der Waals surface area contributed by atoms with E-state index in [4.69, 9.17) is 10.5 Å². The van der Waals surface area contributed by atoms with Gasteiger partial charge in [0.05, 0.1) is 6.54 Å². The maximum absolute atomic E-state index is 6.12. The van der Waals surface area contributed by atoms with E-state index in [2.05, 4.69) is 47.5 Å². The fraction of sp³-hybridized carbons (Fsp3) is 0.611. The van der Waals surface area contributed by atoms with Crippen molar-refractivity contribution in [2.45, 2.75) is 37.6 Å². The minimum absolute atomic E-state index is 0. The van der Waals surface area contributed by atoms with E-state index in [0.29, 0.717) is 12.5 Å². The van der Waals surface area contributed by atoms with Gasteiger partial charge < -0.3 is 20.7 Å². The Balaban J connectivity index is 0.00000208. The first-order chi connectivity index (χ1) is 11.1. The second-order valence-electron chi connectivity index (χ2n) is 6.89. The van der Waals surface area contributed by atoms with Gasteiger partial charge in [0.15, 0.2) is 5.96 Å². The lowest BCUT2D eigenvalue weighted by Gasteiger charge is -2.41. The maximum Gasteiger partial charge on any atom is 0.193 e. The molecule has 1 aliphatic heterocycles. The van der Waals surface area contributed by atoms with Gasteiger partial charge in [0.2, 0.25) is 0 Å². The van der Waals surface area contributed by atoms with Gasteiger partial charge in [0, 0.05) is 24.4 Å². The van der Waals surface area contributed by atoms with E-state index in [1.807, 2.05) is 0 Å². The Labute approximate surface area is 162 Å². The van der Waals surface area contributed by atoms with E-state index in [-0.39, 0.29) is 29.5 Å². The number of benzene rings is 1. The predicted molar refractivity (Wildman–Crippen MR) is 110 cm³/mol. The van der Waals surface area contributed by atoms with Crippen LogP contribution in [0, 0.1) is 0 Å². The standard InChI is InChI=1S/C18H28N4O.HI/c1-22(2)18(8-10-23-11-9-18)13-20-17(19)21-16-7-6-14-4-3-5-15(14)12-16;/h6-7,12H,3-5,8-11,13H2,1-2H3,(H3,19,20,21);1H. The summed E-state index contributed by atoms with van der Waals surface area (Å²) in [5, 5.41) is 3.25. The minimum Gasteiger partial charge on any atom is -0.381 e. The van der Waals surface area contributed by atoms with Gasteiger partial charge in [0.1, 0.15) is 0 Å². The summed E-state index contributed by atoms with van der Waals surface area (Å²) in [6.45, 7) is 2.30. The second-order valence-corrected chi connectivity index (χ2v) is 6.89. The topological polar surface area (TPSA) is 62.9 Å². The molecule has 1 fully saturated rings. The van der Waals surface area contributed by atoms with Gasteiger partial charge in [0.25, 0.3) is 0 Å². The lowest BCUT2D eigenvalue weighted by atomic mass is 9.89. The normalized spacial score (nSPS) is 19.7. The molecule has 3 N–H and O–H groups in total. The van der Waals surface area contributed by atoms with Crippen LogP contribution in [0.5, 0.6) is 0 Å². The van der Waals surface area contributed by atoms with Crippen LogP contribution in [-0.4, -0.2) is 50.3 Å². The second kappa shape index (κ2) is 8.49. The van der Waals surface area contributed by atoms with E-state index in [0.717, 1.165) is 31.7 Å². The van der Waals surface area contributed by atoms with Crippen LogP contribution in [0.25, 0.3) is 0 Å². The number of hydrogen-bond acceptors (Lipinski definition) is 3. The average Bonchev–Trinajstić information content (AvgIpc) is 3.01. The number of hydrogen-bond donors (Lipinski definition) is 2.